The number of nitrogens with zero attached hydrogens (tertiary/aromatic N) is 1. The van der Waals surface area contributed by atoms with Crippen LogP contribution in [0.5, 0.6) is 11.5 Å². The average Bonchev–Trinajstić information content (AvgIpc) is 3.60. The lowest BCUT2D eigenvalue weighted by Crippen LogP contribution is -2.32. The van der Waals surface area contributed by atoms with E-state index in [1.54, 1.807) is 12.1 Å². The summed E-state index contributed by atoms with van der Waals surface area (Å²) in [5, 5.41) is 9.11. The maximum Gasteiger partial charge on any atom is 0.134 e. The first-order valence-corrected chi connectivity index (χ1v) is 13.0. The molecule has 3 nitrogen and oxygen atoms in total. The van der Waals surface area contributed by atoms with Crippen molar-refractivity contribution in [2.24, 2.45) is 0 Å². The van der Waals surface area contributed by atoms with Crippen LogP contribution in [0.15, 0.2) is 132 Å². The molecular formula is C36H21NO2. The Kier molecular flexibility index (Phi) is 4.50. The van der Waals surface area contributed by atoms with Crippen molar-refractivity contribution >= 4 is 0 Å². The van der Waals surface area contributed by atoms with Crippen LogP contribution < -0.4 is 4.74 Å². The highest BCUT2D eigenvalue weighted by atomic mass is 16.5. The van der Waals surface area contributed by atoms with E-state index in [-0.39, 0.29) is 0 Å². The second-order valence-electron chi connectivity index (χ2n) is 10.0. The molecule has 1 spiro atoms. The molecule has 0 radical (unpaired) electrons. The SMILES string of the molecule is N#Cc1ccc(-c2ccc(-c3ccc4c(c3)Oc3ccccc3C43c4ccccc4-c4ccccc43)o2)cc1. The zero-order valence-electron chi connectivity index (χ0n) is 20.9. The smallest absolute Gasteiger partial charge is 0.134 e. The predicted octanol–water partition coefficient (Wildman–Crippen LogP) is 8.95. The molecule has 0 N–H and O–H groups in total. The zero-order chi connectivity index (χ0) is 26.0. The summed E-state index contributed by atoms with van der Waals surface area (Å²) in [6.07, 6.45) is 0. The Morgan fingerprint density at radius 2 is 1.08 bits per heavy atom. The monoisotopic (exact) mass is 499 g/mol. The third-order valence-electron chi connectivity index (χ3n) is 8.04. The van der Waals surface area contributed by atoms with Gasteiger partial charge in [-0.15, -0.1) is 0 Å². The lowest BCUT2D eigenvalue weighted by atomic mass is 9.66. The normalized spacial score (nSPS) is 13.5. The summed E-state index contributed by atoms with van der Waals surface area (Å²) < 4.78 is 12.9. The third-order valence-corrected chi connectivity index (χ3v) is 8.04. The van der Waals surface area contributed by atoms with Gasteiger partial charge < -0.3 is 9.15 Å². The van der Waals surface area contributed by atoms with Crippen molar-refractivity contribution in [3.05, 3.63) is 155 Å². The minimum atomic E-state index is -0.466. The standard InChI is InChI=1S/C36H21NO2/c37-22-23-13-15-24(16-14-23)32-19-20-33(38-32)25-17-18-31-35(21-25)39-34-12-6-5-11-30(34)36(31)28-9-3-1-7-26(28)27-8-2-4-10-29(27)36/h1-21H. The number of fused-ring (bicyclic) bond motifs is 9. The highest BCUT2D eigenvalue weighted by Crippen LogP contribution is 2.62. The van der Waals surface area contributed by atoms with Gasteiger partial charge in [0, 0.05) is 22.3 Å². The third kappa shape index (κ3) is 2.97. The van der Waals surface area contributed by atoms with Crippen molar-refractivity contribution in [1.29, 1.82) is 5.26 Å². The molecule has 5 aromatic carbocycles. The highest BCUT2D eigenvalue weighted by molar-refractivity contribution is 5.88. The average molecular weight is 500 g/mol. The van der Waals surface area contributed by atoms with Crippen LogP contribution in [-0.2, 0) is 5.41 Å². The fourth-order valence-electron chi connectivity index (χ4n) is 6.37. The van der Waals surface area contributed by atoms with Gasteiger partial charge >= 0.3 is 0 Å². The number of rotatable bonds is 2. The molecule has 2 heterocycles. The van der Waals surface area contributed by atoms with E-state index in [4.69, 9.17) is 14.4 Å². The Morgan fingerprint density at radius 1 is 0.513 bits per heavy atom. The number of benzene rings is 5. The molecule has 0 bridgehead atoms. The lowest BCUT2D eigenvalue weighted by Gasteiger charge is -2.39. The van der Waals surface area contributed by atoms with Crippen LogP contribution in [-0.4, -0.2) is 0 Å². The molecule has 0 saturated heterocycles. The van der Waals surface area contributed by atoms with Gasteiger partial charge in [0.2, 0.25) is 0 Å². The van der Waals surface area contributed by atoms with Crippen LogP contribution in [0.2, 0.25) is 0 Å². The van der Waals surface area contributed by atoms with Crippen molar-refractivity contribution < 1.29 is 9.15 Å². The maximum absolute atomic E-state index is 9.11. The van der Waals surface area contributed by atoms with Crippen LogP contribution >= 0.6 is 0 Å². The topological polar surface area (TPSA) is 46.2 Å². The molecule has 2 aliphatic rings. The quantitative estimate of drug-likeness (QED) is 0.238. The molecular weight excluding hydrogens is 478 g/mol. The number of hydrogen-bond donors (Lipinski definition) is 0. The summed E-state index contributed by atoms with van der Waals surface area (Å²) in [6.45, 7) is 0. The predicted molar refractivity (Wildman–Crippen MR) is 152 cm³/mol. The fraction of sp³-hybridized carbons (Fsp3) is 0.0278. The van der Waals surface area contributed by atoms with Gasteiger partial charge in [0.15, 0.2) is 0 Å². The van der Waals surface area contributed by atoms with Gasteiger partial charge in [-0.25, -0.2) is 0 Å². The van der Waals surface area contributed by atoms with E-state index in [0.717, 1.165) is 45.3 Å². The van der Waals surface area contributed by atoms with E-state index < -0.39 is 5.41 Å². The van der Waals surface area contributed by atoms with E-state index in [1.165, 1.54) is 22.3 Å². The first-order chi connectivity index (χ1) is 19.3. The highest BCUT2D eigenvalue weighted by Gasteiger charge is 2.50. The summed E-state index contributed by atoms with van der Waals surface area (Å²) in [7, 11) is 0. The van der Waals surface area contributed by atoms with Crippen molar-refractivity contribution in [3.63, 3.8) is 0 Å². The Labute approximate surface area is 226 Å². The van der Waals surface area contributed by atoms with E-state index in [2.05, 4.69) is 91.0 Å². The largest absolute Gasteiger partial charge is 0.457 e. The minimum Gasteiger partial charge on any atom is -0.457 e. The summed E-state index contributed by atoms with van der Waals surface area (Å²) >= 11 is 0. The summed E-state index contributed by atoms with van der Waals surface area (Å²) in [4.78, 5) is 0. The molecule has 1 aliphatic heterocycles. The molecule has 182 valence electrons. The Hall–Kier alpha value is -5.33. The zero-order valence-corrected chi connectivity index (χ0v) is 20.9. The van der Waals surface area contributed by atoms with E-state index in [9.17, 15) is 0 Å². The number of para-hydroxylation sites is 1. The molecule has 8 rings (SSSR count). The van der Waals surface area contributed by atoms with Crippen LogP contribution in [0.3, 0.4) is 0 Å². The molecule has 3 heteroatoms. The van der Waals surface area contributed by atoms with Crippen molar-refractivity contribution in [2.75, 3.05) is 0 Å². The van der Waals surface area contributed by atoms with E-state index in [1.807, 2.05) is 30.3 Å². The van der Waals surface area contributed by atoms with Gasteiger partial charge in [-0.1, -0.05) is 78.9 Å². The summed E-state index contributed by atoms with van der Waals surface area (Å²) in [5.41, 5.74) is 9.40. The number of ether oxygens (including phenoxy) is 1. The Balaban J connectivity index is 1.32. The van der Waals surface area contributed by atoms with Crippen LogP contribution in [0.25, 0.3) is 33.8 Å². The Bertz CT molecular complexity index is 1910. The summed E-state index contributed by atoms with van der Waals surface area (Å²) in [6, 6.07) is 45.8. The lowest BCUT2D eigenvalue weighted by molar-refractivity contribution is 0.436. The van der Waals surface area contributed by atoms with E-state index >= 15 is 0 Å². The molecule has 6 aromatic rings. The number of hydrogen-bond acceptors (Lipinski definition) is 3. The molecule has 0 fully saturated rings. The molecule has 0 saturated carbocycles. The second-order valence-corrected chi connectivity index (χ2v) is 10.0. The van der Waals surface area contributed by atoms with Gasteiger partial charge in [-0.2, -0.15) is 5.26 Å². The van der Waals surface area contributed by atoms with Crippen molar-refractivity contribution in [3.8, 4) is 51.3 Å². The first-order valence-electron chi connectivity index (χ1n) is 13.0. The van der Waals surface area contributed by atoms with Gasteiger partial charge in [0.25, 0.3) is 0 Å². The summed E-state index contributed by atoms with van der Waals surface area (Å²) in [5.74, 6) is 3.22. The first kappa shape index (κ1) is 21.7. The molecule has 0 unspecified atom stereocenters. The molecule has 1 aliphatic carbocycles. The minimum absolute atomic E-state index is 0.466. The molecule has 0 atom stereocenters. The van der Waals surface area contributed by atoms with Gasteiger partial charge in [0.05, 0.1) is 17.0 Å². The van der Waals surface area contributed by atoms with Gasteiger partial charge in [-0.3, -0.25) is 0 Å². The molecule has 1 aromatic heterocycles. The van der Waals surface area contributed by atoms with Crippen LogP contribution in [0.1, 0.15) is 27.8 Å². The number of nitriles is 1. The molecule has 39 heavy (non-hydrogen) atoms. The van der Waals surface area contributed by atoms with Crippen molar-refractivity contribution in [2.45, 2.75) is 5.41 Å². The van der Waals surface area contributed by atoms with Gasteiger partial charge in [0.1, 0.15) is 23.0 Å². The Morgan fingerprint density at radius 3 is 1.77 bits per heavy atom. The van der Waals surface area contributed by atoms with Crippen molar-refractivity contribution in [1.82, 2.24) is 0 Å². The number of furan rings is 1. The van der Waals surface area contributed by atoms with Gasteiger partial charge in [-0.05, 0) is 70.8 Å². The van der Waals surface area contributed by atoms with Crippen LogP contribution in [0.4, 0.5) is 0 Å². The van der Waals surface area contributed by atoms with E-state index in [0.29, 0.717) is 5.56 Å². The fourth-order valence-corrected chi connectivity index (χ4v) is 6.37. The molecule has 0 amide bonds. The van der Waals surface area contributed by atoms with Crippen LogP contribution in [0, 0.1) is 11.3 Å². The second kappa shape index (κ2) is 8.08. The maximum atomic E-state index is 9.11.